The van der Waals surface area contributed by atoms with E-state index in [1.807, 2.05) is 0 Å². The van der Waals surface area contributed by atoms with Gasteiger partial charge in [-0.15, -0.1) is 0 Å². The molecule has 2 aromatic rings. The molecule has 0 unspecified atom stereocenters. The summed E-state index contributed by atoms with van der Waals surface area (Å²) in [5.74, 6) is -0.177. The molecule has 1 fully saturated rings. The number of carbonyl (C=O) groups excluding carboxylic acids is 1. The Morgan fingerprint density at radius 2 is 1.89 bits per heavy atom. The number of hydrogen-bond acceptors (Lipinski definition) is 4. The van der Waals surface area contributed by atoms with E-state index in [1.54, 1.807) is 30.3 Å². The molecule has 0 aliphatic carbocycles. The summed E-state index contributed by atoms with van der Waals surface area (Å²) in [5, 5.41) is 3.35. The van der Waals surface area contributed by atoms with Crippen LogP contribution in [0.5, 0.6) is 5.75 Å². The van der Waals surface area contributed by atoms with E-state index in [4.69, 9.17) is 27.9 Å². The summed E-state index contributed by atoms with van der Waals surface area (Å²) in [6, 6.07) is 11.2. The molecule has 0 bridgehead atoms. The van der Waals surface area contributed by atoms with Gasteiger partial charge in [0.05, 0.1) is 33.7 Å². The smallest absolute Gasteiger partial charge is 0.243 e. The van der Waals surface area contributed by atoms with Crippen LogP contribution in [0.3, 0.4) is 0 Å². The number of ether oxygens (including phenoxy) is 1. The highest BCUT2D eigenvalue weighted by Gasteiger charge is 2.33. The first-order chi connectivity index (χ1) is 13.3. The Hall–Kier alpha value is -1.80. The Labute approximate surface area is 174 Å². The monoisotopic (exact) mass is 442 g/mol. The van der Waals surface area contributed by atoms with Crippen molar-refractivity contribution in [3.05, 3.63) is 52.5 Å². The van der Waals surface area contributed by atoms with Crippen molar-refractivity contribution in [1.29, 1.82) is 0 Å². The second kappa shape index (κ2) is 8.69. The van der Waals surface area contributed by atoms with Crippen LogP contribution < -0.4 is 10.1 Å². The minimum atomic E-state index is -3.69. The maximum atomic E-state index is 12.9. The number of carbonyl (C=O) groups is 1. The highest BCUT2D eigenvalue weighted by molar-refractivity contribution is 7.89. The molecule has 1 N–H and O–H groups in total. The fourth-order valence-corrected chi connectivity index (χ4v) is 4.98. The average Bonchev–Trinajstić information content (AvgIpc) is 2.71. The molecule has 150 valence electrons. The fourth-order valence-electron chi connectivity index (χ4n) is 3.11. The van der Waals surface area contributed by atoms with Gasteiger partial charge in [0.25, 0.3) is 0 Å². The summed E-state index contributed by atoms with van der Waals surface area (Å²) in [4.78, 5) is 12.8. The second-order valence-corrected chi connectivity index (χ2v) is 9.19. The lowest BCUT2D eigenvalue weighted by molar-refractivity contribution is -0.120. The van der Waals surface area contributed by atoms with Crippen molar-refractivity contribution < 1.29 is 17.9 Å². The summed E-state index contributed by atoms with van der Waals surface area (Å²) in [5.41, 5.74) is 0.411. The number of sulfonamides is 1. The van der Waals surface area contributed by atoms with Crippen LogP contribution >= 0.6 is 23.2 Å². The van der Waals surface area contributed by atoms with Crippen LogP contribution in [0.15, 0.2) is 47.4 Å². The molecule has 0 saturated carbocycles. The average molecular weight is 443 g/mol. The number of benzene rings is 2. The van der Waals surface area contributed by atoms with Crippen LogP contribution in [-0.4, -0.2) is 38.8 Å². The molecule has 9 heteroatoms. The molecule has 28 heavy (non-hydrogen) atoms. The highest BCUT2D eigenvalue weighted by Crippen LogP contribution is 2.31. The summed E-state index contributed by atoms with van der Waals surface area (Å²) in [6.07, 6.45) is 1.19. The van der Waals surface area contributed by atoms with E-state index in [1.165, 1.54) is 23.5 Å². The molecule has 2 aromatic carbocycles. The van der Waals surface area contributed by atoms with Crippen LogP contribution in [0.25, 0.3) is 0 Å². The Morgan fingerprint density at radius 1 is 1.18 bits per heavy atom. The Morgan fingerprint density at radius 3 is 2.57 bits per heavy atom. The Balaban J connectivity index is 1.73. The third-order valence-corrected chi connectivity index (χ3v) is 7.36. The first-order valence-electron chi connectivity index (χ1n) is 8.72. The summed E-state index contributed by atoms with van der Waals surface area (Å²) >= 11 is 12.1. The fraction of sp³-hybridized carbons (Fsp3) is 0.316. The van der Waals surface area contributed by atoms with Gasteiger partial charge in [0.15, 0.2) is 0 Å². The number of nitrogens with zero attached hydrogens (tertiary/aromatic N) is 1. The van der Waals surface area contributed by atoms with Gasteiger partial charge in [0.2, 0.25) is 15.9 Å². The van der Waals surface area contributed by atoms with Crippen molar-refractivity contribution >= 4 is 44.8 Å². The third-order valence-electron chi connectivity index (χ3n) is 4.66. The van der Waals surface area contributed by atoms with Crippen molar-refractivity contribution in [3.8, 4) is 5.75 Å². The van der Waals surface area contributed by atoms with E-state index < -0.39 is 15.9 Å². The molecule has 1 saturated heterocycles. The number of piperidine rings is 1. The summed E-state index contributed by atoms with van der Waals surface area (Å²) < 4.78 is 32.3. The number of rotatable bonds is 5. The van der Waals surface area contributed by atoms with Gasteiger partial charge in [-0.1, -0.05) is 29.3 Å². The van der Waals surface area contributed by atoms with Crippen LogP contribution in [0, 0.1) is 5.92 Å². The molecule has 0 aromatic heterocycles. The highest BCUT2D eigenvalue weighted by atomic mass is 35.5. The lowest BCUT2D eigenvalue weighted by atomic mass is 9.99. The number of amides is 1. The van der Waals surface area contributed by atoms with E-state index in [9.17, 15) is 13.2 Å². The first-order valence-corrected chi connectivity index (χ1v) is 10.9. The van der Waals surface area contributed by atoms with E-state index in [-0.39, 0.29) is 22.4 Å². The van der Waals surface area contributed by atoms with Crippen LogP contribution in [0.1, 0.15) is 12.8 Å². The Bertz CT molecular complexity index is 964. The van der Waals surface area contributed by atoms with Gasteiger partial charge in [0.1, 0.15) is 5.75 Å². The zero-order chi connectivity index (χ0) is 20.3. The van der Waals surface area contributed by atoms with Gasteiger partial charge in [0, 0.05) is 13.1 Å². The number of hydrogen-bond donors (Lipinski definition) is 1. The molecular weight excluding hydrogens is 423 g/mol. The zero-order valence-corrected chi connectivity index (χ0v) is 17.5. The zero-order valence-electron chi connectivity index (χ0n) is 15.2. The SMILES string of the molecule is COc1ccc(S(=O)(=O)N2CCC[C@H](C(=O)Nc3cccc(Cl)c3Cl)C2)cc1. The maximum absolute atomic E-state index is 12.9. The minimum absolute atomic E-state index is 0.110. The molecular formula is C19H20Cl2N2O4S. The normalized spacial score (nSPS) is 17.9. The molecule has 0 radical (unpaired) electrons. The molecule has 1 aliphatic rings. The van der Waals surface area contributed by atoms with Gasteiger partial charge in [-0.2, -0.15) is 4.31 Å². The van der Waals surface area contributed by atoms with E-state index in [0.29, 0.717) is 35.8 Å². The topological polar surface area (TPSA) is 75.7 Å². The van der Waals surface area contributed by atoms with Gasteiger partial charge in [-0.05, 0) is 49.2 Å². The molecule has 1 aliphatic heterocycles. The standard InChI is InChI=1S/C19H20Cl2N2O4S/c1-27-14-7-9-15(10-8-14)28(25,26)23-11-3-4-13(12-23)19(24)22-17-6-2-5-16(20)18(17)21/h2,5-10,13H,3-4,11-12H2,1H3,(H,22,24)/t13-/m0/s1. The van der Waals surface area contributed by atoms with Gasteiger partial charge < -0.3 is 10.1 Å². The molecule has 3 rings (SSSR count). The van der Waals surface area contributed by atoms with E-state index >= 15 is 0 Å². The number of nitrogens with one attached hydrogen (secondary N) is 1. The van der Waals surface area contributed by atoms with Crippen molar-refractivity contribution in [2.24, 2.45) is 5.92 Å². The molecule has 6 nitrogen and oxygen atoms in total. The van der Waals surface area contributed by atoms with Gasteiger partial charge in [-0.25, -0.2) is 8.42 Å². The largest absolute Gasteiger partial charge is 0.497 e. The number of methoxy groups -OCH3 is 1. The molecule has 1 atom stereocenters. The first kappa shape index (κ1) is 20.9. The van der Waals surface area contributed by atoms with Crippen molar-refractivity contribution in [2.75, 3.05) is 25.5 Å². The van der Waals surface area contributed by atoms with Crippen LogP contribution in [0.2, 0.25) is 10.0 Å². The number of halogens is 2. The predicted molar refractivity (Wildman–Crippen MR) is 110 cm³/mol. The van der Waals surface area contributed by atoms with Gasteiger partial charge >= 0.3 is 0 Å². The summed E-state index contributed by atoms with van der Waals surface area (Å²) in [6.45, 7) is 0.481. The Kier molecular flexibility index (Phi) is 6.50. The van der Waals surface area contributed by atoms with E-state index in [2.05, 4.69) is 5.32 Å². The van der Waals surface area contributed by atoms with E-state index in [0.717, 1.165) is 0 Å². The van der Waals surface area contributed by atoms with Crippen molar-refractivity contribution in [3.63, 3.8) is 0 Å². The lowest BCUT2D eigenvalue weighted by Crippen LogP contribution is -2.43. The predicted octanol–water partition coefficient (Wildman–Crippen LogP) is 4.04. The molecule has 1 heterocycles. The molecule has 0 spiro atoms. The maximum Gasteiger partial charge on any atom is 0.243 e. The summed E-state index contributed by atoms with van der Waals surface area (Å²) in [7, 11) is -2.17. The molecule has 1 amide bonds. The van der Waals surface area contributed by atoms with Crippen molar-refractivity contribution in [1.82, 2.24) is 4.31 Å². The minimum Gasteiger partial charge on any atom is -0.497 e. The van der Waals surface area contributed by atoms with Crippen molar-refractivity contribution in [2.45, 2.75) is 17.7 Å². The van der Waals surface area contributed by atoms with Crippen LogP contribution in [0.4, 0.5) is 5.69 Å². The quantitative estimate of drug-likeness (QED) is 0.757. The third kappa shape index (κ3) is 4.43. The lowest BCUT2D eigenvalue weighted by Gasteiger charge is -2.31. The number of anilines is 1. The second-order valence-electron chi connectivity index (χ2n) is 6.47. The van der Waals surface area contributed by atoms with Gasteiger partial charge in [-0.3, -0.25) is 4.79 Å². The van der Waals surface area contributed by atoms with Crippen LogP contribution in [-0.2, 0) is 14.8 Å².